The van der Waals surface area contributed by atoms with Crippen LogP contribution in [0.25, 0.3) is 0 Å². The molecule has 2 aromatic rings. The average molecular weight is 296 g/mol. The van der Waals surface area contributed by atoms with Crippen molar-refractivity contribution in [2.75, 3.05) is 0 Å². The largest absolute Gasteiger partial charge is 0.338 e. The minimum atomic E-state index is -0.364. The number of nitrogens with zero attached hydrogens (tertiary/aromatic N) is 2. The summed E-state index contributed by atoms with van der Waals surface area (Å²) in [6.45, 7) is 0. The normalized spacial score (nSPS) is 17.2. The van der Waals surface area contributed by atoms with Gasteiger partial charge in [0.1, 0.15) is 0 Å². The monoisotopic (exact) mass is 295 g/mol. The van der Waals surface area contributed by atoms with E-state index in [0.717, 1.165) is 29.2 Å². The van der Waals surface area contributed by atoms with Crippen molar-refractivity contribution in [1.29, 1.82) is 0 Å². The third-order valence-corrected chi connectivity index (χ3v) is 4.85. The Morgan fingerprint density at radius 2 is 2.16 bits per heavy atom. The number of hydrogen-bond acceptors (Lipinski definition) is 5. The van der Waals surface area contributed by atoms with Gasteiger partial charge in [-0.05, 0) is 31.4 Å². The van der Waals surface area contributed by atoms with Gasteiger partial charge in [-0.3, -0.25) is 0 Å². The lowest BCUT2D eigenvalue weighted by atomic mass is 9.77. The van der Waals surface area contributed by atoms with Crippen molar-refractivity contribution < 1.29 is 4.52 Å². The van der Waals surface area contributed by atoms with Crippen LogP contribution in [0.15, 0.2) is 33.7 Å². The van der Waals surface area contributed by atoms with Crippen molar-refractivity contribution >= 4 is 23.4 Å². The van der Waals surface area contributed by atoms with E-state index in [1.807, 2.05) is 24.3 Å². The maximum absolute atomic E-state index is 6.16. The van der Waals surface area contributed by atoms with Crippen LogP contribution in [0.2, 0.25) is 5.02 Å². The topological polar surface area (TPSA) is 64.9 Å². The van der Waals surface area contributed by atoms with Gasteiger partial charge in [0.25, 0.3) is 0 Å². The van der Waals surface area contributed by atoms with Crippen molar-refractivity contribution in [3.63, 3.8) is 0 Å². The van der Waals surface area contributed by atoms with Crippen LogP contribution in [-0.4, -0.2) is 10.1 Å². The van der Waals surface area contributed by atoms with E-state index < -0.39 is 0 Å². The predicted octanol–water partition coefficient (Wildman–Crippen LogP) is 3.35. The fourth-order valence-corrected chi connectivity index (χ4v) is 3.07. The Morgan fingerprint density at radius 1 is 1.37 bits per heavy atom. The third-order valence-electron chi connectivity index (χ3n) is 3.35. The van der Waals surface area contributed by atoms with Crippen LogP contribution in [-0.2, 0) is 11.3 Å². The van der Waals surface area contributed by atoms with E-state index >= 15 is 0 Å². The first-order valence-corrected chi connectivity index (χ1v) is 7.53. The Hall–Kier alpha value is -1.04. The van der Waals surface area contributed by atoms with Gasteiger partial charge in [-0.25, -0.2) is 0 Å². The molecular weight excluding hydrogens is 282 g/mol. The molecule has 0 atom stereocenters. The van der Waals surface area contributed by atoms with E-state index in [9.17, 15) is 0 Å². The van der Waals surface area contributed by atoms with Crippen LogP contribution in [0.5, 0.6) is 0 Å². The molecule has 19 heavy (non-hydrogen) atoms. The highest BCUT2D eigenvalue weighted by Gasteiger charge is 2.38. The molecule has 0 spiro atoms. The maximum Gasteiger partial charge on any atom is 0.237 e. The summed E-state index contributed by atoms with van der Waals surface area (Å²) in [5.41, 5.74) is 5.79. The summed E-state index contributed by atoms with van der Waals surface area (Å²) in [5, 5.41) is 4.72. The second-order valence-electron chi connectivity index (χ2n) is 4.74. The molecule has 1 aromatic heterocycles. The Morgan fingerprint density at radius 3 is 2.84 bits per heavy atom. The molecule has 0 radical (unpaired) electrons. The number of rotatable bonds is 4. The quantitative estimate of drug-likeness (QED) is 0.876. The molecule has 0 bridgehead atoms. The Labute approximate surface area is 120 Å². The molecule has 0 aliphatic heterocycles. The average Bonchev–Trinajstić information content (AvgIpc) is 2.84. The zero-order valence-electron chi connectivity index (χ0n) is 10.3. The van der Waals surface area contributed by atoms with Crippen LogP contribution >= 0.6 is 23.4 Å². The summed E-state index contributed by atoms with van der Waals surface area (Å²) in [6, 6.07) is 7.70. The summed E-state index contributed by atoms with van der Waals surface area (Å²) >= 11 is 7.67. The number of thioether (sulfide) groups is 1. The molecule has 0 saturated heterocycles. The molecule has 0 unspecified atom stereocenters. The molecule has 1 saturated carbocycles. The molecule has 1 heterocycles. The standard InChI is InChI=1S/C13H14ClN3OS/c14-9-4-1-2-5-10(9)19-8-11-16-12(17-18-11)13(15)6-3-7-13/h1-2,4-5H,3,6-8,15H2. The van der Waals surface area contributed by atoms with Gasteiger partial charge >= 0.3 is 0 Å². The van der Waals surface area contributed by atoms with Crippen LogP contribution in [0.3, 0.4) is 0 Å². The molecule has 1 aliphatic rings. The molecule has 0 amide bonds. The number of aromatic nitrogens is 2. The highest BCUT2D eigenvalue weighted by Crippen LogP contribution is 2.37. The summed E-state index contributed by atoms with van der Waals surface area (Å²) in [4.78, 5) is 5.39. The minimum absolute atomic E-state index is 0.364. The van der Waals surface area contributed by atoms with Crippen molar-refractivity contribution in [2.45, 2.75) is 35.4 Å². The third kappa shape index (κ3) is 2.63. The lowest BCUT2D eigenvalue weighted by Crippen LogP contribution is -2.44. The van der Waals surface area contributed by atoms with Gasteiger partial charge < -0.3 is 10.3 Å². The van der Waals surface area contributed by atoms with E-state index in [-0.39, 0.29) is 5.54 Å². The highest BCUT2D eigenvalue weighted by molar-refractivity contribution is 7.98. The van der Waals surface area contributed by atoms with Gasteiger partial charge in [0.2, 0.25) is 5.89 Å². The van der Waals surface area contributed by atoms with Gasteiger partial charge in [-0.2, -0.15) is 4.98 Å². The summed E-state index contributed by atoms with van der Waals surface area (Å²) < 4.78 is 5.24. The van der Waals surface area contributed by atoms with Gasteiger partial charge in [-0.1, -0.05) is 28.9 Å². The molecule has 4 nitrogen and oxygen atoms in total. The molecule has 6 heteroatoms. The van der Waals surface area contributed by atoms with E-state index in [1.54, 1.807) is 11.8 Å². The lowest BCUT2D eigenvalue weighted by molar-refractivity contribution is 0.229. The van der Waals surface area contributed by atoms with E-state index in [4.69, 9.17) is 21.9 Å². The van der Waals surface area contributed by atoms with Crippen molar-refractivity contribution in [3.05, 3.63) is 41.0 Å². The molecule has 3 rings (SSSR count). The molecule has 100 valence electrons. The number of benzene rings is 1. The van der Waals surface area contributed by atoms with Crippen LogP contribution < -0.4 is 5.73 Å². The van der Waals surface area contributed by atoms with Crippen molar-refractivity contribution in [2.24, 2.45) is 5.73 Å². The van der Waals surface area contributed by atoms with E-state index in [2.05, 4.69) is 10.1 Å². The van der Waals surface area contributed by atoms with Crippen molar-refractivity contribution in [1.82, 2.24) is 10.1 Å². The SMILES string of the molecule is NC1(c2noc(CSc3ccccc3Cl)n2)CCC1. The molecule has 1 aromatic carbocycles. The van der Waals surface area contributed by atoms with Gasteiger partial charge in [0, 0.05) is 4.90 Å². The summed E-state index contributed by atoms with van der Waals surface area (Å²) in [6.07, 6.45) is 3.00. The Kier molecular flexibility index (Phi) is 3.52. The van der Waals surface area contributed by atoms with Gasteiger partial charge in [0.15, 0.2) is 5.82 Å². The Balaban J connectivity index is 1.66. The smallest absolute Gasteiger partial charge is 0.237 e. The molecule has 2 N–H and O–H groups in total. The van der Waals surface area contributed by atoms with Gasteiger partial charge in [0.05, 0.1) is 16.3 Å². The number of halogens is 1. The molecule has 1 aliphatic carbocycles. The zero-order chi connectivity index (χ0) is 13.3. The fraction of sp³-hybridized carbons (Fsp3) is 0.385. The fourth-order valence-electron chi connectivity index (χ4n) is 2.00. The number of hydrogen-bond donors (Lipinski definition) is 1. The second kappa shape index (κ2) is 5.15. The van der Waals surface area contributed by atoms with Crippen LogP contribution in [0, 0.1) is 0 Å². The lowest BCUT2D eigenvalue weighted by Gasteiger charge is -2.34. The van der Waals surface area contributed by atoms with Crippen LogP contribution in [0.1, 0.15) is 31.0 Å². The molecular formula is C13H14ClN3OS. The van der Waals surface area contributed by atoms with E-state index in [0.29, 0.717) is 17.5 Å². The van der Waals surface area contributed by atoms with E-state index in [1.165, 1.54) is 0 Å². The molecule has 1 fully saturated rings. The summed E-state index contributed by atoms with van der Waals surface area (Å²) in [7, 11) is 0. The van der Waals surface area contributed by atoms with Crippen LogP contribution in [0.4, 0.5) is 0 Å². The Bertz CT molecular complexity index is 583. The first-order chi connectivity index (χ1) is 9.17. The minimum Gasteiger partial charge on any atom is -0.338 e. The first kappa shape index (κ1) is 13.0. The highest BCUT2D eigenvalue weighted by atomic mass is 35.5. The van der Waals surface area contributed by atoms with Gasteiger partial charge in [-0.15, -0.1) is 11.8 Å². The predicted molar refractivity (Wildman–Crippen MR) is 75.0 cm³/mol. The van der Waals surface area contributed by atoms with Crippen molar-refractivity contribution in [3.8, 4) is 0 Å². The number of nitrogens with two attached hydrogens (primary N) is 1. The summed E-state index contributed by atoms with van der Waals surface area (Å²) in [5.74, 6) is 1.83. The second-order valence-corrected chi connectivity index (χ2v) is 6.16. The first-order valence-electron chi connectivity index (χ1n) is 6.17. The zero-order valence-corrected chi connectivity index (χ0v) is 11.9. The maximum atomic E-state index is 6.16.